The lowest BCUT2D eigenvalue weighted by molar-refractivity contribution is -0.116. The van der Waals surface area contributed by atoms with E-state index in [9.17, 15) is 4.79 Å². The number of thioether (sulfide) groups is 1. The van der Waals surface area contributed by atoms with Crippen LogP contribution in [0.1, 0.15) is 38.2 Å². The third kappa shape index (κ3) is 2.50. The number of ketones is 1. The summed E-state index contributed by atoms with van der Waals surface area (Å²) in [5.41, 5.74) is 4.18. The van der Waals surface area contributed by atoms with E-state index < -0.39 is 0 Å². The SMILES string of the molecule is CC(=O)CC1=C(c2ccc3ccccc3c2)CC2CCC1S2. The Balaban J connectivity index is 1.83. The minimum atomic E-state index is 0.291. The van der Waals surface area contributed by atoms with Gasteiger partial charge in [-0.25, -0.2) is 0 Å². The monoisotopic (exact) mass is 308 g/mol. The number of carbonyl (C=O) groups excluding carboxylic acids is 1. The summed E-state index contributed by atoms with van der Waals surface area (Å²) in [5.74, 6) is 0.291. The second-order valence-corrected chi connectivity index (χ2v) is 7.98. The van der Waals surface area contributed by atoms with E-state index in [0.717, 1.165) is 11.7 Å². The van der Waals surface area contributed by atoms with E-state index in [1.165, 1.54) is 40.3 Å². The van der Waals surface area contributed by atoms with E-state index in [1.54, 1.807) is 6.92 Å². The van der Waals surface area contributed by atoms with Crippen LogP contribution in [0, 0.1) is 0 Å². The Kier molecular flexibility index (Phi) is 3.57. The number of allylic oxidation sites excluding steroid dienone is 1. The summed E-state index contributed by atoms with van der Waals surface area (Å²) in [4.78, 5) is 11.7. The topological polar surface area (TPSA) is 17.1 Å². The van der Waals surface area contributed by atoms with Crippen molar-refractivity contribution in [1.82, 2.24) is 0 Å². The lowest BCUT2D eigenvalue weighted by atomic mass is 9.91. The highest BCUT2D eigenvalue weighted by atomic mass is 32.2. The molecule has 0 aliphatic carbocycles. The van der Waals surface area contributed by atoms with Crippen LogP contribution < -0.4 is 0 Å². The van der Waals surface area contributed by atoms with E-state index in [1.807, 2.05) is 0 Å². The molecule has 0 amide bonds. The predicted molar refractivity (Wildman–Crippen MR) is 95.2 cm³/mol. The second-order valence-electron chi connectivity index (χ2n) is 6.47. The predicted octanol–water partition coefficient (Wildman–Crippen LogP) is 5.24. The second kappa shape index (κ2) is 5.58. The van der Waals surface area contributed by atoms with Gasteiger partial charge in [-0.2, -0.15) is 11.8 Å². The first-order valence-electron chi connectivity index (χ1n) is 8.06. The van der Waals surface area contributed by atoms with Crippen LogP contribution in [0.15, 0.2) is 48.0 Å². The van der Waals surface area contributed by atoms with Gasteiger partial charge in [0.1, 0.15) is 5.78 Å². The zero-order valence-corrected chi connectivity index (χ0v) is 13.7. The number of rotatable bonds is 3. The third-order valence-corrected chi connectivity index (χ3v) is 6.49. The Labute approximate surface area is 135 Å². The average Bonchev–Trinajstić information content (AvgIpc) is 2.92. The van der Waals surface area contributed by atoms with Crippen LogP contribution in [0.25, 0.3) is 16.3 Å². The zero-order valence-electron chi connectivity index (χ0n) is 12.8. The van der Waals surface area contributed by atoms with Crippen molar-refractivity contribution in [1.29, 1.82) is 0 Å². The van der Waals surface area contributed by atoms with Crippen molar-refractivity contribution in [3.8, 4) is 0 Å². The van der Waals surface area contributed by atoms with E-state index >= 15 is 0 Å². The molecule has 2 heteroatoms. The fraction of sp³-hybridized carbons (Fsp3) is 0.350. The molecule has 1 saturated heterocycles. The first kappa shape index (κ1) is 14.1. The van der Waals surface area contributed by atoms with E-state index in [0.29, 0.717) is 17.5 Å². The highest BCUT2D eigenvalue weighted by molar-refractivity contribution is 8.01. The molecule has 112 valence electrons. The lowest BCUT2D eigenvalue weighted by Crippen LogP contribution is -2.14. The van der Waals surface area contributed by atoms with Crippen molar-refractivity contribution in [3.63, 3.8) is 0 Å². The van der Waals surface area contributed by atoms with Gasteiger partial charge in [-0.3, -0.25) is 4.79 Å². The smallest absolute Gasteiger partial charge is 0.133 e. The van der Waals surface area contributed by atoms with Crippen molar-refractivity contribution >= 4 is 33.9 Å². The normalized spacial score (nSPS) is 24.0. The van der Waals surface area contributed by atoms with Gasteiger partial charge in [0.2, 0.25) is 0 Å². The summed E-state index contributed by atoms with van der Waals surface area (Å²) in [7, 11) is 0. The summed E-state index contributed by atoms with van der Waals surface area (Å²) in [6, 6.07) is 15.3. The lowest BCUT2D eigenvalue weighted by Gasteiger charge is -2.26. The first-order valence-corrected chi connectivity index (χ1v) is 9.01. The summed E-state index contributed by atoms with van der Waals surface area (Å²) in [6.45, 7) is 1.72. The molecule has 2 aromatic carbocycles. The molecule has 1 nitrogen and oxygen atoms in total. The maximum Gasteiger partial charge on any atom is 0.133 e. The summed E-state index contributed by atoms with van der Waals surface area (Å²) in [6.07, 6.45) is 4.30. The number of fused-ring (bicyclic) bond motifs is 3. The van der Waals surface area contributed by atoms with Gasteiger partial charge in [0.15, 0.2) is 0 Å². The molecule has 2 aromatic rings. The quantitative estimate of drug-likeness (QED) is 0.771. The Morgan fingerprint density at radius 2 is 1.95 bits per heavy atom. The highest BCUT2D eigenvalue weighted by Crippen LogP contribution is 2.50. The first-order chi connectivity index (χ1) is 10.7. The standard InChI is InChI=1S/C20H20OS/c1-13(21)10-19-18(12-17-8-9-20(19)22-17)16-7-6-14-4-2-3-5-15(14)11-16/h2-7,11,17,20H,8-10,12H2,1H3. The Morgan fingerprint density at radius 3 is 2.77 bits per heavy atom. The fourth-order valence-corrected chi connectivity index (χ4v) is 5.50. The Morgan fingerprint density at radius 1 is 1.14 bits per heavy atom. The molecule has 2 aliphatic heterocycles. The van der Waals surface area contributed by atoms with Crippen LogP contribution in [-0.2, 0) is 4.79 Å². The van der Waals surface area contributed by atoms with Crippen LogP contribution in [0.4, 0.5) is 0 Å². The summed E-state index contributed by atoms with van der Waals surface area (Å²) >= 11 is 2.09. The van der Waals surface area contributed by atoms with Crippen LogP contribution in [-0.4, -0.2) is 16.3 Å². The summed E-state index contributed by atoms with van der Waals surface area (Å²) in [5, 5.41) is 3.90. The number of carbonyl (C=O) groups is 1. The average molecular weight is 308 g/mol. The van der Waals surface area contributed by atoms with Gasteiger partial charge < -0.3 is 0 Å². The number of hydrogen-bond acceptors (Lipinski definition) is 2. The minimum absolute atomic E-state index is 0.291. The van der Waals surface area contributed by atoms with Crippen molar-refractivity contribution < 1.29 is 4.79 Å². The molecule has 0 N–H and O–H groups in total. The van der Waals surface area contributed by atoms with Crippen LogP contribution in [0.2, 0.25) is 0 Å². The van der Waals surface area contributed by atoms with Gasteiger partial charge in [0, 0.05) is 16.9 Å². The number of Topliss-reactive ketones (excluding diaryl/α,β-unsaturated/α-hetero) is 1. The molecule has 2 atom stereocenters. The third-order valence-electron chi connectivity index (χ3n) is 4.85. The van der Waals surface area contributed by atoms with Gasteiger partial charge in [0.05, 0.1) is 0 Å². The van der Waals surface area contributed by atoms with Gasteiger partial charge in [-0.1, -0.05) is 36.4 Å². The van der Waals surface area contributed by atoms with Crippen LogP contribution in [0.3, 0.4) is 0 Å². The van der Waals surface area contributed by atoms with E-state index in [4.69, 9.17) is 0 Å². The van der Waals surface area contributed by atoms with E-state index in [2.05, 4.69) is 54.2 Å². The van der Waals surface area contributed by atoms with Crippen molar-refractivity contribution in [2.24, 2.45) is 0 Å². The molecule has 1 fully saturated rings. The largest absolute Gasteiger partial charge is 0.300 e. The van der Waals surface area contributed by atoms with Gasteiger partial charge in [0.25, 0.3) is 0 Å². The summed E-state index contributed by atoms with van der Waals surface area (Å²) < 4.78 is 0. The van der Waals surface area contributed by atoms with Crippen LogP contribution >= 0.6 is 11.8 Å². The molecule has 2 aliphatic rings. The minimum Gasteiger partial charge on any atom is -0.300 e. The Bertz CT molecular complexity index is 774. The molecule has 22 heavy (non-hydrogen) atoms. The molecule has 2 bridgehead atoms. The zero-order chi connectivity index (χ0) is 15.1. The van der Waals surface area contributed by atoms with Crippen LogP contribution in [0.5, 0.6) is 0 Å². The molecular weight excluding hydrogens is 288 g/mol. The van der Waals surface area contributed by atoms with Crippen molar-refractivity contribution in [3.05, 3.63) is 53.6 Å². The molecular formula is C20H20OS. The molecule has 2 heterocycles. The number of benzene rings is 2. The van der Waals surface area contributed by atoms with Crippen molar-refractivity contribution in [2.75, 3.05) is 0 Å². The molecule has 0 spiro atoms. The maximum atomic E-state index is 11.7. The highest BCUT2D eigenvalue weighted by Gasteiger charge is 2.35. The molecule has 0 saturated carbocycles. The molecule has 4 rings (SSSR count). The number of hydrogen-bond donors (Lipinski definition) is 0. The van der Waals surface area contributed by atoms with Gasteiger partial charge in [-0.05, 0) is 59.7 Å². The Hall–Kier alpha value is -1.54. The maximum absolute atomic E-state index is 11.7. The molecule has 0 aromatic heterocycles. The van der Waals surface area contributed by atoms with Gasteiger partial charge >= 0.3 is 0 Å². The van der Waals surface area contributed by atoms with Crippen molar-refractivity contribution in [2.45, 2.75) is 43.1 Å². The molecule has 2 unspecified atom stereocenters. The fourth-order valence-electron chi connectivity index (χ4n) is 3.83. The van der Waals surface area contributed by atoms with E-state index in [-0.39, 0.29) is 0 Å². The molecule has 0 radical (unpaired) electrons. The van der Waals surface area contributed by atoms with Gasteiger partial charge in [-0.15, -0.1) is 0 Å².